The Morgan fingerprint density at radius 3 is 2.50 bits per heavy atom. The molecule has 0 aliphatic carbocycles. The van der Waals surface area contributed by atoms with Gasteiger partial charge in [-0.2, -0.15) is 0 Å². The van der Waals surface area contributed by atoms with Crippen LogP contribution in [-0.2, 0) is 16.0 Å². The van der Waals surface area contributed by atoms with Crippen LogP contribution in [0.1, 0.15) is 18.4 Å². The minimum Gasteiger partial charge on any atom is -0.497 e. The predicted molar refractivity (Wildman–Crippen MR) is 106 cm³/mol. The van der Waals surface area contributed by atoms with Crippen molar-refractivity contribution in [3.05, 3.63) is 54.1 Å². The number of fused-ring (bicyclic) bond motifs is 1. The van der Waals surface area contributed by atoms with E-state index in [1.807, 2.05) is 23.1 Å². The summed E-state index contributed by atoms with van der Waals surface area (Å²) in [6.45, 7) is 1.25. The van der Waals surface area contributed by atoms with Crippen LogP contribution in [0.5, 0.6) is 11.5 Å². The second-order valence-corrected chi connectivity index (χ2v) is 6.52. The number of nitrogens with zero attached hydrogens (tertiary/aromatic N) is 1. The van der Waals surface area contributed by atoms with Crippen LogP contribution in [0, 0.1) is 0 Å². The number of hydrogen-bond donors (Lipinski definition) is 2. The molecule has 2 aromatic rings. The Labute approximate surface area is 164 Å². The van der Waals surface area contributed by atoms with Gasteiger partial charge in [-0.25, -0.2) is 0 Å². The van der Waals surface area contributed by atoms with Crippen molar-refractivity contribution >= 4 is 17.5 Å². The molecule has 0 unspecified atom stereocenters. The van der Waals surface area contributed by atoms with Gasteiger partial charge in [0.25, 0.3) is 5.91 Å². The molecule has 0 saturated carbocycles. The zero-order chi connectivity index (χ0) is 19.8. The first-order valence-corrected chi connectivity index (χ1v) is 9.33. The summed E-state index contributed by atoms with van der Waals surface area (Å²) < 4.78 is 10.6. The van der Waals surface area contributed by atoms with Crippen LogP contribution in [0.3, 0.4) is 0 Å². The monoisotopic (exact) mass is 383 g/mol. The van der Waals surface area contributed by atoms with Gasteiger partial charge in [-0.1, -0.05) is 18.2 Å². The number of aryl methyl sites for hydroxylation is 1. The van der Waals surface area contributed by atoms with Crippen LogP contribution in [-0.4, -0.2) is 38.6 Å². The maximum Gasteiger partial charge on any atom is 0.257 e. The molecule has 28 heavy (non-hydrogen) atoms. The van der Waals surface area contributed by atoms with E-state index in [2.05, 4.69) is 16.9 Å². The highest BCUT2D eigenvalue weighted by Crippen LogP contribution is 2.26. The van der Waals surface area contributed by atoms with Gasteiger partial charge in [0.15, 0.2) is 0 Å². The predicted octanol–water partition coefficient (Wildman–Crippen LogP) is 2.06. The molecule has 2 aromatic carbocycles. The third-order valence-electron chi connectivity index (χ3n) is 4.54. The van der Waals surface area contributed by atoms with E-state index >= 15 is 0 Å². The third kappa shape index (κ3) is 5.39. The fourth-order valence-electron chi connectivity index (χ4n) is 3.12. The first-order chi connectivity index (χ1) is 13.7. The van der Waals surface area contributed by atoms with Gasteiger partial charge in [0.2, 0.25) is 5.91 Å². The first-order valence-electron chi connectivity index (χ1n) is 9.33. The molecular formula is C21H25N3O4. The molecule has 0 spiro atoms. The number of carbonyl (C=O) groups is 2. The molecule has 0 saturated heterocycles. The number of hydrazine groups is 1. The fraction of sp³-hybridized carbons (Fsp3) is 0.333. The highest BCUT2D eigenvalue weighted by molar-refractivity contribution is 5.85. The van der Waals surface area contributed by atoms with Crippen molar-refractivity contribution in [2.24, 2.45) is 0 Å². The number of ether oxygens (including phenoxy) is 2. The van der Waals surface area contributed by atoms with Gasteiger partial charge in [0, 0.05) is 12.2 Å². The Bertz CT molecular complexity index is 808. The average molecular weight is 383 g/mol. The number of carbonyl (C=O) groups excluding carboxylic acids is 2. The Kier molecular flexibility index (Phi) is 6.73. The van der Waals surface area contributed by atoms with E-state index < -0.39 is 0 Å². The van der Waals surface area contributed by atoms with Crippen molar-refractivity contribution in [2.75, 3.05) is 31.7 Å². The summed E-state index contributed by atoms with van der Waals surface area (Å²) in [4.78, 5) is 26.1. The molecule has 1 aliphatic heterocycles. The normalized spacial score (nSPS) is 12.7. The summed E-state index contributed by atoms with van der Waals surface area (Å²) in [7, 11) is 1.60. The summed E-state index contributed by atoms with van der Waals surface area (Å²) in [5, 5.41) is 0. The van der Waals surface area contributed by atoms with Crippen LogP contribution in [0.15, 0.2) is 48.5 Å². The first kappa shape index (κ1) is 19.5. The van der Waals surface area contributed by atoms with Gasteiger partial charge >= 0.3 is 0 Å². The second kappa shape index (κ2) is 9.64. The Morgan fingerprint density at radius 2 is 1.71 bits per heavy atom. The lowest BCUT2D eigenvalue weighted by Crippen LogP contribution is -2.47. The number of methoxy groups -OCH3 is 1. The average Bonchev–Trinajstić information content (AvgIpc) is 2.73. The number of para-hydroxylation sites is 1. The van der Waals surface area contributed by atoms with Crippen molar-refractivity contribution in [3.63, 3.8) is 0 Å². The molecule has 0 atom stereocenters. The van der Waals surface area contributed by atoms with Crippen molar-refractivity contribution < 1.29 is 19.1 Å². The second-order valence-electron chi connectivity index (χ2n) is 6.52. The summed E-state index contributed by atoms with van der Waals surface area (Å²) in [5.41, 5.74) is 7.24. The Balaban J connectivity index is 1.37. The minimum atomic E-state index is -0.305. The van der Waals surface area contributed by atoms with Crippen LogP contribution >= 0.6 is 0 Å². The van der Waals surface area contributed by atoms with E-state index in [0.717, 1.165) is 30.8 Å². The van der Waals surface area contributed by atoms with Gasteiger partial charge in [0.1, 0.15) is 11.5 Å². The number of nitrogens with one attached hydrogen (secondary N) is 2. The van der Waals surface area contributed by atoms with Crippen molar-refractivity contribution in [2.45, 2.75) is 19.3 Å². The summed E-state index contributed by atoms with van der Waals surface area (Å²) in [6.07, 6.45) is 2.18. The van der Waals surface area contributed by atoms with E-state index in [0.29, 0.717) is 5.75 Å². The van der Waals surface area contributed by atoms with Crippen LogP contribution in [0.4, 0.5) is 5.69 Å². The number of benzene rings is 2. The zero-order valence-corrected chi connectivity index (χ0v) is 15.9. The lowest BCUT2D eigenvalue weighted by Gasteiger charge is -2.30. The quantitative estimate of drug-likeness (QED) is 0.716. The van der Waals surface area contributed by atoms with Gasteiger partial charge in [-0.3, -0.25) is 20.4 Å². The molecule has 1 heterocycles. The molecule has 0 aromatic heterocycles. The number of amides is 2. The van der Waals surface area contributed by atoms with Crippen LogP contribution in [0.2, 0.25) is 0 Å². The molecule has 3 rings (SSSR count). The molecule has 2 amide bonds. The van der Waals surface area contributed by atoms with Gasteiger partial charge in [-0.15, -0.1) is 0 Å². The van der Waals surface area contributed by atoms with Crippen molar-refractivity contribution in [1.82, 2.24) is 10.9 Å². The number of anilines is 1. The number of rotatable bonds is 7. The smallest absolute Gasteiger partial charge is 0.257 e. The zero-order valence-electron chi connectivity index (χ0n) is 15.9. The van der Waals surface area contributed by atoms with Crippen molar-refractivity contribution in [1.29, 1.82) is 0 Å². The Morgan fingerprint density at radius 1 is 1.00 bits per heavy atom. The van der Waals surface area contributed by atoms with Gasteiger partial charge in [0.05, 0.1) is 26.7 Å². The van der Waals surface area contributed by atoms with Gasteiger partial charge < -0.3 is 14.4 Å². The van der Waals surface area contributed by atoms with Gasteiger partial charge in [-0.05, 0) is 48.7 Å². The topological polar surface area (TPSA) is 79.9 Å². The maximum absolute atomic E-state index is 12.2. The third-order valence-corrected chi connectivity index (χ3v) is 4.54. The molecule has 0 bridgehead atoms. The molecular weight excluding hydrogens is 358 g/mol. The van der Waals surface area contributed by atoms with Crippen LogP contribution < -0.4 is 25.2 Å². The molecule has 0 fully saturated rings. The fourth-order valence-corrected chi connectivity index (χ4v) is 3.12. The molecule has 148 valence electrons. The molecule has 7 nitrogen and oxygen atoms in total. The molecule has 7 heteroatoms. The lowest BCUT2D eigenvalue weighted by molar-refractivity contribution is -0.128. The molecule has 1 aliphatic rings. The standard InChI is InChI=1S/C21H25N3O4/c1-27-17-8-10-18(11-9-17)28-14-12-20(25)22-23-21(26)15-24-13-4-6-16-5-2-3-7-19(16)24/h2-3,5,7-11H,4,6,12-15H2,1H3,(H,22,25)(H,23,26). The van der Waals surface area contributed by atoms with E-state index in [4.69, 9.17) is 9.47 Å². The van der Waals surface area contributed by atoms with Crippen LogP contribution in [0.25, 0.3) is 0 Å². The van der Waals surface area contributed by atoms with E-state index in [1.54, 1.807) is 31.4 Å². The molecule has 0 radical (unpaired) electrons. The number of hydrogen-bond acceptors (Lipinski definition) is 5. The largest absolute Gasteiger partial charge is 0.497 e. The van der Waals surface area contributed by atoms with E-state index in [-0.39, 0.29) is 31.4 Å². The van der Waals surface area contributed by atoms with Crippen molar-refractivity contribution in [3.8, 4) is 11.5 Å². The Hall–Kier alpha value is -3.22. The van der Waals surface area contributed by atoms with E-state index in [9.17, 15) is 9.59 Å². The SMILES string of the molecule is COc1ccc(OCCC(=O)NNC(=O)CN2CCCc3ccccc32)cc1. The summed E-state index contributed by atoms with van der Waals surface area (Å²) in [5.74, 6) is 0.840. The van der Waals surface area contributed by atoms with E-state index in [1.165, 1.54) is 5.56 Å². The summed E-state index contributed by atoms with van der Waals surface area (Å²) >= 11 is 0. The summed E-state index contributed by atoms with van der Waals surface area (Å²) in [6, 6.07) is 15.2. The molecule has 2 N–H and O–H groups in total. The minimum absolute atomic E-state index is 0.138. The lowest BCUT2D eigenvalue weighted by atomic mass is 10.0. The highest BCUT2D eigenvalue weighted by Gasteiger charge is 2.18. The maximum atomic E-state index is 12.2. The highest BCUT2D eigenvalue weighted by atomic mass is 16.5.